The van der Waals surface area contributed by atoms with Crippen molar-refractivity contribution in [1.82, 2.24) is 0 Å². The zero-order chi connectivity index (χ0) is 17.8. The van der Waals surface area contributed by atoms with Crippen LogP contribution < -0.4 is 5.32 Å². The average molecular weight is 353 g/mol. The minimum absolute atomic E-state index is 0.0137. The molecular formula is C17H23NO5S. The third-order valence-corrected chi connectivity index (χ3v) is 6.39. The molecule has 0 aliphatic heterocycles. The van der Waals surface area contributed by atoms with E-state index in [0.29, 0.717) is 18.5 Å². The number of aliphatic carboxylic acids is 1. The number of hydrogen-bond acceptors (Lipinski definition) is 4. The van der Waals surface area contributed by atoms with E-state index in [1.165, 1.54) is 24.3 Å². The van der Waals surface area contributed by atoms with Gasteiger partial charge in [-0.1, -0.05) is 26.2 Å². The maximum Gasteiger partial charge on any atom is 0.310 e. The van der Waals surface area contributed by atoms with Crippen LogP contribution >= 0.6 is 0 Å². The molecule has 0 spiro atoms. The molecule has 1 aromatic carbocycles. The Morgan fingerprint density at radius 1 is 1.12 bits per heavy atom. The molecule has 0 radical (unpaired) electrons. The monoisotopic (exact) mass is 353 g/mol. The minimum atomic E-state index is -3.28. The van der Waals surface area contributed by atoms with Crippen LogP contribution in [0.5, 0.6) is 0 Å². The highest BCUT2D eigenvalue weighted by Crippen LogP contribution is 2.39. The van der Waals surface area contributed by atoms with Crippen molar-refractivity contribution in [1.29, 1.82) is 0 Å². The van der Waals surface area contributed by atoms with Crippen molar-refractivity contribution in [3.05, 3.63) is 24.3 Å². The number of carboxylic acids is 1. The summed E-state index contributed by atoms with van der Waals surface area (Å²) in [5.41, 5.74) is -0.514. The van der Waals surface area contributed by atoms with Crippen molar-refractivity contribution < 1.29 is 23.1 Å². The van der Waals surface area contributed by atoms with Gasteiger partial charge in [-0.3, -0.25) is 9.59 Å². The Balaban J connectivity index is 2.05. The summed E-state index contributed by atoms with van der Waals surface area (Å²) in [6, 6.07) is 5.94. The number of amides is 1. The van der Waals surface area contributed by atoms with Gasteiger partial charge >= 0.3 is 5.97 Å². The van der Waals surface area contributed by atoms with Gasteiger partial charge in [0.05, 0.1) is 16.1 Å². The number of hydrogen-bond donors (Lipinski definition) is 2. The standard InChI is InChI=1S/C17H23NO5S/c1-2-24(22,23)14-8-6-13(7-9-14)18-15(19)12-17(16(20)21)10-4-3-5-11-17/h6-9H,2-5,10-12H2,1H3,(H,18,19)(H,20,21). The maximum atomic E-state index is 12.2. The molecule has 6 nitrogen and oxygen atoms in total. The molecule has 1 aliphatic rings. The Labute approximate surface area is 142 Å². The molecule has 7 heteroatoms. The third-order valence-electron chi connectivity index (χ3n) is 4.64. The fourth-order valence-corrected chi connectivity index (χ4v) is 4.00. The second-order valence-corrected chi connectivity index (χ2v) is 8.58. The Bertz CT molecular complexity index is 703. The van der Waals surface area contributed by atoms with Crippen LogP contribution in [0.1, 0.15) is 45.4 Å². The lowest BCUT2D eigenvalue weighted by Crippen LogP contribution is -2.37. The normalized spacial score (nSPS) is 17.2. The smallest absolute Gasteiger partial charge is 0.310 e. The molecule has 1 aliphatic carbocycles. The van der Waals surface area contributed by atoms with E-state index in [4.69, 9.17) is 0 Å². The van der Waals surface area contributed by atoms with Gasteiger partial charge in [0.25, 0.3) is 0 Å². The third kappa shape index (κ3) is 4.14. The summed E-state index contributed by atoms with van der Waals surface area (Å²) in [6.45, 7) is 1.57. The summed E-state index contributed by atoms with van der Waals surface area (Å²) < 4.78 is 23.5. The zero-order valence-electron chi connectivity index (χ0n) is 13.7. The van der Waals surface area contributed by atoms with E-state index in [-0.39, 0.29) is 23.0 Å². The first-order valence-corrected chi connectivity index (χ1v) is 9.80. The predicted molar refractivity (Wildman–Crippen MR) is 90.6 cm³/mol. The van der Waals surface area contributed by atoms with Crippen LogP contribution in [0.4, 0.5) is 5.69 Å². The van der Waals surface area contributed by atoms with Crippen LogP contribution in [-0.2, 0) is 19.4 Å². The fraction of sp³-hybridized carbons (Fsp3) is 0.529. The van der Waals surface area contributed by atoms with Gasteiger partial charge < -0.3 is 10.4 Å². The highest BCUT2D eigenvalue weighted by Gasteiger charge is 2.41. The second-order valence-electron chi connectivity index (χ2n) is 6.30. The number of anilines is 1. The average Bonchev–Trinajstić information content (AvgIpc) is 2.56. The number of nitrogens with one attached hydrogen (secondary N) is 1. The Kier molecular flexibility index (Phi) is 5.64. The first-order chi connectivity index (χ1) is 11.3. The highest BCUT2D eigenvalue weighted by molar-refractivity contribution is 7.91. The van der Waals surface area contributed by atoms with Crippen molar-refractivity contribution >= 4 is 27.4 Å². The molecule has 0 heterocycles. The van der Waals surface area contributed by atoms with Crippen molar-refractivity contribution in [2.75, 3.05) is 11.1 Å². The molecule has 1 aromatic rings. The SMILES string of the molecule is CCS(=O)(=O)c1ccc(NC(=O)CC2(C(=O)O)CCCCC2)cc1. The first-order valence-electron chi connectivity index (χ1n) is 8.15. The van der Waals surface area contributed by atoms with Crippen molar-refractivity contribution in [2.45, 2.75) is 50.3 Å². The minimum Gasteiger partial charge on any atom is -0.481 e. The molecule has 0 unspecified atom stereocenters. The van der Waals surface area contributed by atoms with E-state index < -0.39 is 21.2 Å². The van der Waals surface area contributed by atoms with E-state index in [9.17, 15) is 23.1 Å². The molecule has 0 bridgehead atoms. The van der Waals surface area contributed by atoms with Crippen LogP contribution in [0, 0.1) is 5.41 Å². The van der Waals surface area contributed by atoms with Crippen LogP contribution in [0.2, 0.25) is 0 Å². The van der Waals surface area contributed by atoms with Gasteiger partial charge in [0.2, 0.25) is 5.91 Å². The molecule has 1 saturated carbocycles. The molecule has 0 aromatic heterocycles. The van der Waals surface area contributed by atoms with Crippen LogP contribution in [0.3, 0.4) is 0 Å². The topological polar surface area (TPSA) is 101 Å². The van der Waals surface area contributed by atoms with Gasteiger partial charge in [-0.25, -0.2) is 8.42 Å². The lowest BCUT2D eigenvalue weighted by atomic mass is 9.71. The number of carbonyl (C=O) groups excluding carboxylic acids is 1. The van der Waals surface area contributed by atoms with Gasteiger partial charge in [0.15, 0.2) is 9.84 Å². The van der Waals surface area contributed by atoms with Crippen LogP contribution in [0.15, 0.2) is 29.2 Å². The number of rotatable bonds is 6. The number of carbonyl (C=O) groups is 2. The van der Waals surface area contributed by atoms with Crippen molar-refractivity contribution in [2.24, 2.45) is 5.41 Å². The van der Waals surface area contributed by atoms with Crippen molar-refractivity contribution in [3.8, 4) is 0 Å². The van der Waals surface area contributed by atoms with Gasteiger partial charge in [-0.05, 0) is 37.1 Å². The lowest BCUT2D eigenvalue weighted by molar-refractivity contribution is -0.153. The number of benzene rings is 1. The Morgan fingerprint density at radius 3 is 2.21 bits per heavy atom. The highest BCUT2D eigenvalue weighted by atomic mass is 32.2. The quantitative estimate of drug-likeness (QED) is 0.819. The lowest BCUT2D eigenvalue weighted by Gasteiger charge is -2.32. The fourth-order valence-electron chi connectivity index (χ4n) is 3.12. The Hall–Kier alpha value is -1.89. The van der Waals surface area contributed by atoms with E-state index in [1.54, 1.807) is 6.92 Å². The molecule has 1 fully saturated rings. The summed E-state index contributed by atoms with van der Waals surface area (Å²) >= 11 is 0. The first kappa shape index (κ1) is 18.4. The van der Waals surface area contributed by atoms with Crippen LogP contribution in [-0.4, -0.2) is 31.2 Å². The maximum absolute atomic E-state index is 12.2. The summed E-state index contributed by atoms with van der Waals surface area (Å²) in [5, 5.41) is 12.2. The molecule has 0 saturated heterocycles. The summed E-state index contributed by atoms with van der Waals surface area (Å²) in [7, 11) is -3.28. The van der Waals surface area contributed by atoms with E-state index in [2.05, 4.69) is 5.32 Å². The van der Waals surface area contributed by atoms with Gasteiger partial charge in [0.1, 0.15) is 0 Å². The van der Waals surface area contributed by atoms with Crippen molar-refractivity contribution in [3.63, 3.8) is 0 Å². The van der Waals surface area contributed by atoms with Gasteiger partial charge in [-0.2, -0.15) is 0 Å². The van der Waals surface area contributed by atoms with E-state index in [0.717, 1.165) is 19.3 Å². The van der Waals surface area contributed by atoms with Gasteiger partial charge in [-0.15, -0.1) is 0 Å². The predicted octanol–water partition coefficient (Wildman–Crippen LogP) is 2.84. The van der Waals surface area contributed by atoms with E-state index >= 15 is 0 Å². The molecule has 132 valence electrons. The molecule has 24 heavy (non-hydrogen) atoms. The Morgan fingerprint density at radius 2 is 1.71 bits per heavy atom. The molecule has 2 N–H and O–H groups in total. The van der Waals surface area contributed by atoms with Gasteiger partial charge in [0, 0.05) is 12.1 Å². The largest absolute Gasteiger partial charge is 0.481 e. The molecule has 1 amide bonds. The second kappa shape index (κ2) is 7.34. The summed E-state index contributed by atoms with van der Waals surface area (Å²) in [5.74, 6) is -1.26. The summed E-state index contributed by atoms with van der Waals surface area (Å²) in [4.78, 5) is 24.0. The zero-order valence-corrected chi connectivity index (χ0v) is 14.6. The molecular weight excluding hydrogens is 330 g/mol. The van der Waals surface area contributed by atoms with Crippen LogP contribution in [0.25, 0.3) is 0 Å². The van der Waals surface area contributed by atoms with E-state index in [1.807, 2.05) is 0 Å². The molecule has 2 rings (SSSR count). The number of carboxylic acid groups (broad SMARTS) is 1. The molecule has 0 atom stereocenters. The summed E-state index contributed by atoms with van der Waals surface area (Å²) in [6.07, 6.45) is 3.63. The number of sulfone groups is 1.